The molecular formula is C30H31ClN6O3S. The first-order valence-corrected chi connectivity index (χ1v) is 14.5. The van der Waals surface area contributed by atoms with Gasteiger partial charge in [0.05, 0.1) is 24.8 Å². The number of carbonyl (C=O) groups is 2. The predicted molar refractivity (Wildman–Crippen MR) is 162 cm³/mol. The molecule has 2 aromatic carbocycles. The summed E-state index contributed by atoms with van der Waals surface area (Å²) in [5.41, 5.74) is 11.3. The number of methoxy groups -OCH3 is 1. The third kappa shape index (κ3) is 5.68. The van der Waals surface area contributed by atoms with E-state index in [2.05, 4.69) is 29.4 Å². The van der Waals surface area contributed by atoms with Gasteiger partial charge in [-0.3, -0.25) is 14.4 Å². The van der Waals surface area contributed by atoms with Crippen LogP contribution in [-0.4, -0.2) is 46.0 Å². The number of hydrogen-bond acceptors (Lipinski definition) is 8. The second-order valence-corrected chi connectivity index (χ2v) is 11.6. The lowest BCUT2D eigenvalue weighted by Crippen LogP contribution is -2.18. The number of nitrogens with zero attached hydrogens (tertiary/aromatic N) is 4. The van der Waals surface area contributed by atoms with Crippen molar-refractivity contribution in [2.75, 3.05) is 19.0 Å². The van der Waals surface area contributed by atoms with E-state index in [4.69, 9.17) is 27.1 Å². The van der Waals surface area contributed by atoms with E-state index in [1.54, 1.807) is 29.5 Å². The van der Waals surface area contributed by atoms with Crippen LogP contribution in [0, 0.1) is 20.8 Å². The highest BCUT2D eigenvalue weighted by Crippen LogP contribution is 2.39. The van der Waals surface area contributed by atoms with Crippen LogP contribution in [0.4, 0.5) is 5.69 Å². The number of anilines is 1. The average Bonchev–Trinajstić information content (AvgIpc) is 3.44. The molecule has 0 fully saturated rings. The number of thiophene rings is 1. The Hall–Kier alpha value is -3.86. The van der Waals surface area contributed by atoms with Crippen molar-refractivity contribution in [1.29, 1.82) is 0 Å². The third-order valence-electron chi connectivity index (χ3n) is 7.18. The van der Waals surface area contributed by atoms with E-state index in [1.807, 2.05) is 35.8 Å². The van der Waals surface area contributed by atoms with Gasteiger partial charge in [-0.1, -0.05) is 23.7 Å². The number of benzene rings is 2. The zero-order chi connectivity index (χ0) is 29.3. The Bertz CT molecular complexity index is 1660. The van der Waals surface area contributed by atoms with Crippen molar-refractivity contribution in [2.45, 2.75) is 46.1 Å². The number of aromatic nitrogens is 3. The molecule has 0 spiro atoms. The third-order valence-corrected chi connectivity index (χ3v) is 8.62. The molecule has 0 unspecified atom stereocenters. The zero-order valence-electron chi connectivity index (χ0n) is 23.3. The molecule has 1 atom stereocenters. The highest BCUT2D eigenvalue weighted by molar-refractivity contribution is 7.15. The van der Waals surface area contributed by atoms with E-state index in [0.717, 1.165) is 38.8 Å². The van der Waals surface area contributed by atoms with Crippen LogP contribution < -0.4 is 11.1 Å². The Kier molecular flexibility index (Phi) is 8.35. The highest BCUT2D eigenvalue weighted by Gasteiger charge is 2.32. The van der Waals surface area contributed by atoms with E-state index in [0.29, 0.717) is 41.5 Å². The molecule has 0 radical (unpaired) electrons. The van der Waals surface area contributed by atoms with Gasteiger partial charge < -0.3 is 15.8 Å². The summed E-state index contributed by atoms with van der Waals surface area (Å²) in [6.07, 6.45) is 1.33. The minimum atomic E-state index is -0.591. The number of amides is 1. The number of fused-ring (bicyclic) bond motifs is 3. The smallest absolute Gasteiger partial charge is 0.338 e. The van der Waals surface area contributed by atoms with Crippen molar-refractivity contribution in [3.8, 4) is 5.00 Å². The molecule has 3 heterocycles. The van der Waals surface area contributed by atoms with Gasteiger partial charge in [0.2, 0.25) is 5.91 Å². The molecule has 3 N–H and O–H groups in total. The van der Waals surface area contributed by atoms with Crippen LogP contribution in [0.5, 0.6) is 0 Å². The number of halogens is 1. The molecule has 11 heteroatoms. The Morgan fingerprint density at radius 2 is 1.88 bits per heavy atom. The van der Waals surface area contributed by atoms with Crippen molar-refractivity contribution in [3.63, 3.8) is 0 Å². The zero-order valence-corrected chi connectivity index (χ0v) is 24.9. The fourth-order valence-electron chi connectivity index (χ4n) is 5.00. The van der Waals surface area contributed by atoms with E-state index >= 15 is 0 Å². The van der Waals surface area contributed by atoms with Gasteiger partial charge in [0.15, 0.2) is 5.82 Å². The molecule has 0 saturated heterocycles. The number of carbonyl (C=O) groups excluding carboxylic acids is 2. The number of ether oxygens (including phenoxy) is 1. The van der Waals surface area contributed by atoms with Gasteiger partial charge in [0.25, 0.3) is 0 Å². The van der Waals surface area contributed by atoms with E-state index < -0.39 is 12.0 Å². The molecule has 5 rings (SSSR count). The quantitative estimate of drug-likeness (QED) is 0.261. The first-order valence-electron chi connectivity index (χ1n) is 13.3. The van der Waals surface area contributed by atoms with E-state index in [-0.39, 0.29) is 12.3 Å². The SMILES string of the molecule is COC(=O)c1ccc(NC(=O)C[C@@H]2N=C(c3ccc(Cl)cc3)c3c(sc(C)c3C)-n3c(C)nnc32)cc1CCCN. The van der Waals surface area contributed by atoms with Crippen LogP contribution in [0.1, 0.15) is 68.0 Å². The average molecular weight is 591 g/mol. The molecule has 1 aliphatic heterocycles. The van der Waals surface area contributed by atoms with Crippen molar-refractivity contribution < 1.29 is 14.3 Å². The molecule has 212 valence electrons. The molecule has 2 aromatic heterocycles. The molecule has 4 aromatic rings. The number of aryl methyl sites for hydroxylation is 3. The lowest BCUT2D eigenvalue weighted by molar-refractivity contribution is -0.116. The summed E-state index contributed by atoms with van der Waals surface area (Å²) >= 11 is 7.86. The van der Waals surface area contributed by atoms with Gasteiger partial charge >= 0.3 is 5.97 Å². The van der Waals surface area contributed by atoms with E-state index in [9.17, 15) is 9.59 Å². The summed E-state index contributed by atoms with van der Waals surface area (Å²) in [5.74, 6) is 0.664. The number of rotatable bonds is 8. The standard InChI is InChI=1S/C30H31ClN6O3S/c1-16-17(2)41-29-26(16)27(19-7-9-21(31)10-8-19)34-24(28-36-35-18(3)37(28)29)15-25(38)33-22-11-12-23(30(39)40-4)20(14-22)6-5-13-32/h7-12,14,24H,5-6,13,15,32H2,1-4H3,(H,33,38)/t24-/m0/s1. The first-order chi connectivity index (χ1) is 19.7. The Balaban J connectivity index is 1.52. The summed E-state index contributed by atoms with van der Waals surface area (Å²) in [4.78, 5) is 32.0. The largest absolute Gasteiger partial charge is 0.465 e. The molecule has 1 amide bonds. The van der Waals surface area contributed by atoms with Crippen LogP contribution in [0.2, 0.25) is 5.02 Å². The van der Waals surface area contributed by atoms with Crippen molar-refractivity contribution >= 4 is 46.2 Å². The molecule has 0 bridgehead atoms. The van der Waals surface area contributed by atoms with Crippen molar-refractivity contribution in [2.24, 2.45) is 10.7 Å². The van der Waals surface area contributed by atoms with Gasteiger partial charge in [0, 0.05) is 26.7 Å². The first kappa shape index (κ1) is 28.7. The van der Waals surface area contributed by atoms with E-state index in [1.165, 1.54) is 12.0 Å². The number of nitrogens with one attached hydrogen (secondary N) is 1. The van der Waals surface area contributed by atoms with Crippen LogP contribution in [0.25, 0.3) is 5.00 Å². The van der Waals surface area contributed by atoms with Crippen LogP contribution >= 0.6 is 22.9 Å². The number of hydrogen-bond donors (Lipinski definition) is 2. The molecule has 0 aliphatic carbocycles. The minimum Gasteiger partial charge on any atom is -0.465 e. The fraction of sp³-hybridized carbons (Fsp3) is 0.300. The van der Waals surface area contributed by atoms with Gasteiger partial charge in [-0.2, -0.15) is 0 Å². The summed E-state index contributed by atoms with van der Waals surface area (Å²) in [5, 5.41) is 13.4. The van der Waals surface area contributed by atoms with Gasteiger partial charge in [0.1, 0.15) is 16.9 Å². The van der Waals surface area contributed by atoms with Crippen LogP contribution in [-0.2, 0) is 16.0 Å². The summed E-state index contributed by atoms with van der Waals surface area (Å²) in [6, 6.07) is 12.1. The summed E-state index contributed by atoms with van der Waals surface area (Å²) < 4.78 is 6.93. The molecule has 0 saturated carbocycles. The highest BCUT2D eigenvalue weighted by atomic mass is 35.5. The summed E-state index contributed by atoms with van der Waals surface area (Å²) in [6.45, 7) is 6.56. The maximum atomic E-state index is 13.5. The second kappa shape index (κ2) is 11.9. The Morgan fingerprint density at radius 3 is 2.59 bits per heavy atom. The predicted octanol–water partition coefficient (Wildman–Crippen LogP) is 5.51. The fourth-order valence-corrected chi connectivity index (χ4v) is 6.34. The number of esters is 1. The monoisotopic (exact) mass is 590 g/mol. The number of aliphatic imine (C=N–C) groups is 1. The minimum absolute atomic E-state index is 0.0408. The second-order valence-electron chi connectivity index (χ2n) is 9.91. The van der Waals surface area contributed by atoms with Crippen molar-refractivity contribution in [1.82, 2.24) is 14.8 Å². The summed E-state index contributed by atoms with van der Waals surface area (Å²) in [7, 11) is 1.35. The Labute approximate surface area is 247 Å². The molecule has 1 aliphatic rings. The number of nitrogens with two attached hydrogens (primary N) is 1. The van der Waals surface area contributed by atoms with Crippen LogP contribution in [0.3, 0.4) is 0 Å². The lowest BCUT2D eigenvalue weighted by atomic mass is 9.99. The topological polar surface area (TPSA) is 124 Å². The van der Waals surface area contributed by atoms with Gasteiger partial charge in [-0.05, 0) is 81.6 Å². The lowest BCUT2D eigenvalue weighted by Gasteiger charge is -2.14. The van der Waals surface area contributed by atoms with Crippen LogP contribution in [0.15, 0.2) is 47.5 Å². The van der Waals surface area contributed by atoms with Gasteiger partial charge in [-0.15, -0.1) is 21.5 Å². The maximum absolute atomic E-state index is 13.5. The Morgan fingerprint density at radius 1 is 1.12 bits per heavy atom. The normalized spacial score (nSPS) is 14.1. The molecule has 41 heavy (non-hydrogen) atoms. The molecule has 9 nitrogen and oxygen atoms in total. The van der Waals surface area contributed by atoms with Crippen molar-refractivity contribution in [3.05, 3.63) is 91.8 Å². The maximum Gasteiger partial charge on any atom is 0.338 e. The van der Waals surface area contributed by atoms with Gasteiger partial charge in [-0.25, -0.2) is 4.79 Å². The molecular weight excluding hydrogens is 560 g/mol.